The summed E-state index contributed by atoms with van der Waals surface area (Å²) in [5.74, 6) is -3.06. The van der Waals surface area contributed by atoms with Crippen molar-refractivity contribution in [2.75, 3.05) is 38.2 Å². The van der Waals surface area contributed by atoms with Gasteiger partial charge in [-0.15, -0.1) is 0 Å². The molecule has 0 aromatic heterocycles. The van der Waals surface area contributed by atoms with Crippen molar-refractivity contribution in [1.29, 1.82) is 0 Å². The maximum Gasteiger partial charge on any atom is 0.257 e. The SMILES string of the molecule is CCOc1ccc(S(=O)(=O)N2CCOCC2)cc1NC(=O)c1cc(F)c(F)cc1Cl. The number of ether oxygens (including phenoxy) is 2. The lowest BCUT2D eigenvalue weighted by Gasteiger charge is -2.26. The van der Waals surface area contributed by atoms with Gasteiger partial charge in [0.2, 0.25) is 10.0 Å². The van der Waals surface area contributed by atoms with Crippen LogP contribution in [0.15, 0.2) is 35.2 Å². The standard InChI is InChI=1S/C19H19ClF2N2O5S/c1-2-29-18-4-3-12(30(26,27)24-5-7-28-8-6-24)9-17(18)23-19(25)13-10-15(21)16(22)11-14(13)20/h3-4,9-11H,2,5-8H2,1H3,(H,23,25). The van der Waals surface area contributed by atoms with Gasteiger partial charge >= 0.3 is 0 Å². The van der Waals surface area contributed by atoms with Crippen molar-refractivity contribution in [2.24, 2.45) is 0 Å². The summed E-state index contributed by atoms with van der Waals surface area (Å²) in [5, 5.41) is 2.18. The molecule has 1 aliphatic rings. The zero-order chi connectivity index (χ0) is 21.9. The van der Waals surface area contributed by atoms with Crippen molar-refractivity contribution in [3.05, 3.63) is 52.6 Å². The summed E-state index contributed by atoms with van der Waals surface area (Å²) in [7, 11) is -3.83. The van der Waals surface area contributed by atoms with Crippen LogP contribution in [0.3, 0.4) is 0 Å². The number of anilines is 1. The lowest BCUT2D eigenvalue weighted by molar-refractivity contribution is 0.0730. The van der Waals surface area contributed by atoms with Crippen LogP contribution in [0.25, 0.3) is 0 Å². The Morgan fingerprint density at radius 1 is 1.20 bits per heavy atom. The normalized spacial score (nSPS) is 15.1. The van der Waals surface area contributed by atoms with Gasteiger partial charge in [0.1, 0.15) is 5.75 Å². The minimum Gasteiger partial charge on any atom is -0.492 e. The molecular weight excluding hydrogens is 442 g/mol. The predicted molar refractivity (Wildman–Crippen MR) is 107 cm³/mol. The van der Waals surface area contributed by atoms with E-state index in [1.165, 1.54) is 22.5 Å². The Bertz CT molecular complexity index is 1060. The highest BCUT2D eigenvalue weighted by Gasteiger charge is 2.27. The highest BCUT2D eigenvalue weighted by atomic mass is 35.5. The number of halogens is 3. The third-order valence-electron chi connectivity index (χ3n) is 4.36. The number of hydrogen-bond donors (Lipinski definition) is 1. The molecule has 1 heterocycles. The summed E-state index contributed by atoms with van der Waals surface area (Å²) in [6.07, 6.45) is 0. The first-order chi connectivity index (χ1) is 14.2. The Hall–Kier alpha value is -2.27. The van der Waals surface area contributed by atoms with Gasteiger partial charge in [0, 0.05) is 13.1 Å². The molecule has 1 N–H and O–H groups in total. The van der Waals surface area contributed by atoms with Crippen LogP contribution in [0.2, 0.25) is 5.02 Å². The molecule has 2 aromatic carbocycles. The molecule has 1 fully saturated rings. The molecule has 1 amide bonds. The van der Waals surface area contributed by atoms with Crippen LogP contribution in [-0.2, 0) is 14.8 Å². The highest BCUT2D eigenvalue weighted by Crippen LogP contribution is 2.31. The number of hydrogen-bond acceptors (Lipinski definition) is 5. The number of nitrogens with zero attached hydrogens (tertiary/aromatic N) is 1. The smallest absolute Gasteiger partial charge is 0.257 e. The predicted octanol–water partition coefficient (Wildman–Crippen LogP) is 3.29. The molecule has 0 unspecified atom stereocenters. The van der Waals surface area contributed by atoms with Crippen molar-refractivity contribution in [3.63, 3.8) is 0 Å². The third kappa shape index (κ3) is 4.72. The summed E-state index contributed by atoms with van der Waals surface area (Å²) < 4.78 is 64.6. The second-order valence-corrected chi connectivity index (χ2v) is 8.65. The lowest BCUT2D eigenvalue weighted by Crippen LogP contribution is -2.40. The fourth-order valence-electron chi connectivity index (χ4n) is 2.87. The number of rotatable bonds is 6. The molecule has 162 valence electrons. The average Bonchev–Trinajstić information content (AvgIpc) is 2.72. The van der Waals surface area contributed by atoms with E-state index in [2.05, 4.69) is 5.32 Å². The molecule has 2 aromatic rings. The van der Waals surface area contributed by atoms with E-state index in [4.69, 9.17) is 21.1 Å². The zero-order valence-electron chi connectivity index (χ0n) is 16.0. The summed E-state index contributed by atoms with van der Waals surface area (Å²) in [4.78, 5) is 12.5. The number of amides is 1. The van der Waals surface area contributed by atoms with E-state index in [0.29, 0.717) is 12.1 Å². The minimum absolute atomic E-state index is 0.0528. The van der Waals surface area contributed by atoms with Gasteiger partial charge in [0.15, 0.2) is 11.6 Å². The van der Waals surface area contributed by atoms with Crippen LogP contribution < -0.4 is 10.1 Å². The third-order valence-corrected chi connectivity index (χ3v) is 6.57. The molecule has 7 nitrogen and oxygen atoms in total. The van der Waals surface area contributed by atoms with Crippen LogP contribution >= 0.6 is 11.6 Å². The quantitative estimate of drug-likeness (QED) is 0.669. The molecule has 0 bridgehead atoms. The molecule has 11 heteroatoms. The molecule has 1 saturated heterocycles. The van der Waals surface area contributed by atoms with E-state index in [0.717, 1.165) is 0 Å². The van der Waals surface area contributed by atoms with Gasteiger partial charge in [-0.1, -0.05) is 11.6 Å². The number of nitrogens with one attached hydrogen (secondary N) is 1. The average molecular weight is 461 g/mol. The van der Waals surface area contributed by atoms with Crippen LogP contribution in [0.4, 0.5) is 14.5 Å². The van der Waals surface area contributed by atoms with Crippen molar-refractivity contribution in [1.82, 2.24) is 4.31 Å². The van der Waals surface area contributed by atoms with E-state index in [9.17, 15) is 22.0 Å². The van der Waals surface area contributed by atoms with E-state index < -0.39 is 27.6 Å². The van der Waals surface area contributed by atoms with Crippen molar-refractivity contribution < 1.29 is 31.5 Å². The number of carbonyl (C=O) groups is 1. The molecule has 0 atom stereocenters. The maximum atomic E-state index is 13.6. The number of morpholine rings is 1. The van der Waals surface area contributed by atoms with E-state index in [-0.39, 0.29) is 59.8 Å². The van der Waals surface area contributed by atoms with Gasteiger partial charge in [-0.3, -0.25) is 4.79 Å². The summed E-state index contributed by atoms with van der Waals surface area (Å²) in [5.41, 5.74) is -0.253. The molecule has 30 heavy (non-hydrogen) atoms. The van der Waals surface area contributed by atoms with Crippen LogP contribution in [-0.4, -0.2) is 51.5 Å². The van der Waals surface area contributed by atoms with Gasteiger partial charge in [0.25, 0.3) is 5.91 Å². The first-order valence-corrected chi connectivity index (χ1v) is 10.9. The molecule has 1 aliphatic heterocycles. The molecule has 0 aliphatic carbocycles. The Labute approximate surface area is 177 Å². The summed E-state index contributed by atoms with van der Waals surface area (Å²) >= 11 is 5.86. The highest BCUT2D eigenvalue weighted by molar-refractivity contribution is 7.89. The Morgan fingerprint density at radius 2 is 1.87 bits per heavy atom. The number of carbonyl (C=O) groups excluding carboxylic acids is 1. The van der Waals surface area contributed by atoms with E-state index >= 15 is 0 Å². The van der Waals surface area contributed by atoms with E-state index in [1.54, 1.807) is 6.92 Å². The maximum absolute atomic E-state index is 13.6. The molecule has 0 saturated carbocycles. The topological polar surface area (TPSA) is 84.9 Å². The first-order valence-electron chi connectivity index (χ1n) is 9.04. The first kappa shape index (κ1) is 22.4. The monoisotopic (exact) mass is 460 g/mol. The fourth-order valence-corrected chi connectivity index (χ4v) is 4.54. The summed E-state index contributed by atoms with van der Waals surface area (Å²) in [6, 6.07) is 5.40. The van der Waals surface area contributed by atoms with Gasteiger partial charge in [-0.2, -0.15) is 4.31 Å². The molecular formula is C19H19ClF2N2O5S. The number of benzene rings is 2. The fraction of sp³-hybridized carbons (Fsp3) is 0.316. The molecule has 3 rings (SSSR count). The van der Waals surface area contributed by atoms with Gasteiger partial charge in [0.05, 0.1) is 41.0 Å². The lowest BCUT2D eigenvalue weighted by atomic mass is 10.2. The largest absolute Gasteiger partial charge is 0.492 e. The molecule has 0 radical (unpaired) electrons. The van der Waals surface area contributed by atoms with Gasteiger partial charge in [-0.05, 0) is 37.3 Å². The second-order valence-electron chi connectivity index (χ2n) is 6.31. The van der Waals surface area contributed by atoms with Gasteiger partial charge in [-0.25, -0.2) is 17.2 Å². The Morgan fingerprint density at radius 3 is 2.53 bits per heavy atom. The zero-order valence-corrected chi connectivity index (χ0v) is 17.5. The summed E-state index contributed by atoms with van der Waals surface area (Å²) in [6.45, 7) is 2.97. The van der Waals surface area contributed by atoms with E-state index in [1.807, 2.05) is 0 Å². The Balaban J connectivity index is 1.95. The van der Waals surface area contributed by atoms with Crippen molar-refractivity contribution >= 4 is 33.2 Å². The van der Waals surface area contributed by atoms with Crippen molar-refractivity contribution in [2.45, 2.75) is 11.8 Å². The van der Waals surface area contributed by atoms with Crippen molar-refractivity contribution in [3.8, 4) is 5.75 Å². The van der Waals surface area contributed by atoms with Gasteiger partial charge < -0.3 is 14.8 Å². The van der Waals surface area contributed by atoms with Crippen LogP contribution in [0.1, 0.15) is 17.3 Å². The Kier molecular flexibility index (Phi) is 6.91. The molecule has 0 spiro atoms. The van der Waals surface area contributed by atoms with Crippen LogP contribution in [0, 0.1) is 11.6 Å². The number of sulfonamides is 1. The van der Waals surface area contributed by atoms with Crippen LogP contribution in [0.5, 0.6) is 5.75 Å². The minimum atomic E-state index is -3.83. The second kappa shape index (κ2) is 9.25.